The van der Waals surface area contributed by atoms with Gasteiger partial charge in [0.1, 0.15) is 17.9 Å². The third kappa shape index (κ3) is 3.65. The van der Waals surface area contributed by atoms with Crippen molar-refractivity contribution >= 4 is 22.8 Å². The fraction of sp³-hybridized carbons (Fsp3) is 0.409. The van der Waals surface area contributed by atoms with Crippen LogP contribution in [0.4, 0.5) is 5.82 Å². The summed E-state index contributed by atoms with van der Waals surface area (Å²) in [4.78, 5) is 21.8. The molecular formula is C22H26N4O4. The van der Waals surface area contributed by atoms with E-state index in [1.54, 1.807) is 21.1 Å². The summed E-state index contributed by atoms with van der Waals surface area (Å²) >= 11 is 0. The summed E-state index contributed by atoms with van der Waals surface area (Å²) in [7, 11) is 3.17. The van der Waals surface area contributed by atoms with Gasteiger partial charge in [0.25, 0.3) is 5.91 Å². The molecule has 8 heteroatoms. The van der Waals surface area contributed by atoms with Gasteiger partial charge in [-0.3, -0.25) is 4.79 Å². The maximum Gasteiger partial charge on any atom is 0.256 e. The van der Waals surface area contributed by atoms with E-state index in [1.807, 2.05) is 25.1 Å². The molecule has 1 atom stereocenters. The number of aromatic nitrogens is 2. The number of hydrogen-bond acceptors (Lipinski definition) is 7. The second-order valence-corrected chi connectivity index (χ2v) is 7.93. The lowest BCUT2D eigenvalue weighted by molar-refractivity contribution is 0.0939. The van der Waals surface area contributed by atoms with Gasteiger partial charge in [-0.05, 0) is 51.3 Å². The zero-order chi connectivity index (χ0) is 21.5. The molecule has 0 spiro atoms. The molecule has 1 saturated carbocycles. The molecule has 8 nitrogen and oxygen atoms in total. The summed E-state index contributed by atoms with van der Waals surface area (Å²) in [6.45, 7) is 5.81. The van der Waals surface area contributed by atoms with Crippen LogP contribution in [0.1, 0.15) is 54.4 Å². The summed E-state index contributed by atoms with van der Waals surface area (Å²) < 4.78 is 16.4. The average molecular weight is 410 g/mol. The molecule has 1 amide bonds. The minimum atomic E-state index is -0.261. The molecule has 0 saturated heterocycles. The standard InChI is InChI=1S/C22H26N4O4/c1-12(14-6-7-15(28-4)16(10-14)29-5)25-20(27)17-13(2)30-21-18(17)19(23-11-24-21)26-22(3)8-9-22/h6-7,10-12H,8-9H2,1-5H3,(H,25,27)(H,23,24,26). The number of fused-ring (bicyclic) bond motifs is 1. The number of rotatable bonds is 7. The second kappa shape index (κ2) is 7.51. The molecular weight excluding hydrogens is 384 g/mol. The largest absolute Gasteiger partial charge is 0.493 e. The van der Waals surface area contributed by atoms with E-state index in [4.69, 9.17) is 13.9 Å². The van der Waals surface area contributed by atoms with E-state index in [0.717, 1.165) is 18.4 Å². The molecule has 0 bridgehead atoms. The van der Waals surface area contributed by atoms with Gasteiger partial charge < -0.3 is 24.5 Å². The van der Waals surface area contributed by atoms with Crippen molar-refractivity contribution in [3.05, 3.63) is 41.4 Å². The van der Waals surface area contributed by atoms with Gasteiger partial charge in [-0.25, -0.2) is 9.97 Å². The summed E-state index contributed by atoms with van der Waals surface area (Å²) in [6.07, 6.45) is 3.58. The maximum atomic E-state index is 13.2. The Labute approximate surface area is 175 Å². The Morgan fingerprint density at radius 2 is 1.93 bits per heavy atom. The van der Waals surface area contributed by atoms with E-state index in [1.165, 1.54) is 6.33 Å². The number of carbonyl (C=O) groups excluding carboxylic acids is 1. The third-order valence-electron chi connectivity index (χ3n) is 5.57. The molecule has 2 N–H and O–H groups in total. The summed E-state index contributed by atoms with van der Waals surface area (Å²) in [5.41, 5.74) is 1.75. The SMILES string of the molecule is COc1ccc(C(C)NC(=O)c2c(C)oc3ncnc(NC4(C)CC4)c23)cc1OC. The number of aryl methyl sites for hydroxylation is 1. The van der Waals surface area contributed by atoms with Crippen molar-refractivity contribution in [1.29, 1.82) is 0 Å². The summed E-state index contributed by atoms with van der Waals surface area (Å²) in [6, 6.07) is 5.32. The van der Waals surface area contributed by atoms with Gasteiger partial charge in [0, 0.05) is 5.54 Å². The Hall–Kier alpha value is -3.29. The molecule has 158 valence electrons. The highest BCUT2D eigenvalue weighted by Gasteiger charge is 2.38. The fourth-order valence-electron chi connectivity index (χ4n) is 3.49. The lowest BCUT2D eigenvalue weighted by Crippen LogP contribution is -2.27. The topological polar surface area (TPSA) is 98.5 Å². The first-order chi connectivity index (χ1) is 14.3. The van der Waals surface area contributed by atoms with Crippen LogP contribution in [0.25, 0.3) is 11.1 Å². The summed E-state index contributed by atoms with van der Waals surface area (Å²) in [5.74, 6) is 2.14. The van der Waals surface area contributed by atoms with Gasteiger partial charge in [-0.2, -0.15) is 0 Å². The van der Waals surface area contributed by atoms with E-state index in [2.05, 4.69) is 27.5 Å². The Kier molecular flexibility index (Phi) is 5.01. The zero-order valence-corrected chi connectivity index (χ0v) is 17.8. The van der Waals surface area contributed by atoms with E-state index < -0.39 is 0 Å². The molecule has 1 aromatic carbocycles. The number of methoxy groups -OCH3 is 2. The van der Waals surface area contributed by atoms with Gasteiger partial charge in [-0.15, -0.1) is 0 Å². The number of furan rings is 1. The van der Waals surface area contributed by atoms with Crippen molar-refractivity contribution in [3.63, 3.8) is 0 Å². The van der Waals surface area contributed by atoms with Crippen LogP contribution in [0.15, 0.2) is 28.9 Å². The van der Waals surface area contributed by atoms with Crippen LogP contribution in [0.5, 0.6) is 11.5 Å². The van der Waals surface area contributed by atoms with Crippen LogP contribution in [-0.4, -0.2) is 35.6 Å². The van der Waals surface area contributed by atoms with Gasteiger partial charge in [0.05, 0.1) is 31.2 Å². The Morgan fingerprint density at radius 3 is 2.60 bits per heavy atom. The lowest BCUT2D eigenvalue weighted by Gasteiger charge is -2.17. The average Bonchev–Trinajstić information content (AvgIpc) is 3.34. The molecule has 0 radical (unpaired) electrons. The zero-order valence-electron chi connectivity index (χ0n) is 17.8. The normalized spacial score (nSPS) is 15.5. The number of nitrogens with one attached hydrogen (secondary N) is 2. The first kappa shape index (κ1) is 20.0. The Bertz CT molecular complexity index is 1100. The van der Waals surface area contributed by atoms with E-state index in [9.17, 15) is 4.79 Å². The van der Waals surface area contributed by atoms with Crippen molar-refractivity contribution in [3.8, 4) is 11.5 Å². The predicted octanol–water partition coefficient (Wildman–Crippen LogP) is 4.00. The molecule has 3 aromatic rings. The molecule has 1 aliphatic carbocycles. The monoisotopic (exact) mass is 410 g/mol. The molecule has 30 heavy (non-hydrogen) atoms. The molecule has 1 fully saturated rings. The van der Waals surface area contributed by atoms with Gasteiger partial charge in [-0.1, -0.05) is 6.07 Å². The highest BCUT2D eigenvalue weighted by Crippen LogP contribution is 2.40. The number of amides is 1. The van der Waals surface area contributed by atoms with Crippen LogP contribution >= 0.6 is 0 Å². The predicted molar refractivity (Wildman–Crippen MR) is 113 cm³/mol. The molecule has 1 aliphatic rings. The van der Waals surface area contributed by atoms with Crippen LogP contribution in [-0.2, 0) is 0 Å². The second-order valence-electron chi connectivity index (χ2n) is 7.93. The first-order valence-electron chi connectivity index (χ1n) is 9.90. The molecule has 2 heterocycles. The number of anilines is 1. The Balaban J connectivity index is 1.64. The third-order valence-corrected chi connectivity index (χ3v) is 5.57. The molecule has 1 unspecified atom stereocenters. The Morgan fingerprint density at radius 1 is 1.20 bits per heavy atom. The number of ether oxygens (including phenoxy) is 2. The van der Waals surface area contributed by atoms with Gasteiger partial charge >= 0.3 is 0 Å². The number of carbonyl (C=O) groups is 1. The highest BCUT2D eigenvalue weighted by atomic mass is 16.5. The minimum absolute atomic E-state index is 0.00709. The van der Waals surface area contributed by atoms with Crippen LogP contribution in [0, 0.1) is 6.92 Å². The molecule has 2 aromatic heterocycles. The van der Waals surface area contributed by atoms with E-state index >= 15 is 0 Å². The summed E-state index contributed by atoms with van der Waals surface area (Å²) in [5, 5.41) is 7.09. The fourth-order valence-corrected chi connectivity index (χ4v) is 3.49. The van der Waals surface area contributed by atoms with Crippen molar-refractivity contribution in [2.45, 2.75) is 45.2 Å². The smallest absolute Gasteiger partial charge is 0.256 e. The van der Waals surface area contributed by atoms with Crippen molar-refractivity contribution in [2.24, 2.45) is 0 Å². The van der Waals surface area contributed by atoms with Crippen molar-refractivity contribution in [1.82, 2.24) is 15.3 Å². The van der Waals surface area contributed by atoms with Crippen molar-refractivity contribution < 1.29 is 18.7 Å². The van der Waals surface area contributed by atoms with E-state index in [-0.39, 0.29) is 17.5 Å². The van der Waals surface area contributed by atoms with Crippen LogP contribution in [0.3, 0.4) is 0 Å². The van der Waals surface area contributed by atoms with Gasteiger partial charge in [0.2, 0.25) is 5.71 Å². The number of hydrogen-bond donors (Lipinski definition) is 2. The number of benzene rings is 1. The lowest BCUT2D eigenvalue weighted by atomic mass is 10.1. The maximum absolute atomic E-state index is 13.2. The van der Waals surface area contributed by atoms with Crippen molar-refractivity contribution in [2.75, 3.05) is 19.5 Å². The van der Waals surface area contributed by atoms with E-state index in [0.29, 0.717) is 39.7 Å². The number of nitrogens with zero attached hydrogens (tertiary/aromatic N) is 2. The van der Waals surface area contributed by atoms with Crippen LogP contribution in [0.2, 0.25) is 0 Å². The van der Waals surface area contributed by atoms with Gasteiger partial charge in [0.15, 0.2) is 11.5 Å². The first-order valence-corrected chi connectivity index (χ1v) is 9.90. The molecule has 4 rings (SSSR count). The quantitative estimate of drug-likeness (QED) is 0.607. The highest BCUT2D eigenvalue weighted by molar-refractivity contribution is 6.10. The van der Waals surface area contributed by atoms with Crippen LogP contribution < -0.4 is 20.1 Å². The minimum Gasteiger partial charge on any atom is -0.493 e. The molecule has 0 aliphatic heterocycles.